The van der Waals surface area contributed by atoms with Crippen molar-refractivity contribution in [2.75, 3.05) is 31.6 Å². The van der Waals surface area contributed by atoms with E-state index < -0.39 is 5.60 Å². The van der Waals surface area contributed by atoms with Crippen molar-refractivity contribution in [1.29, 1.82) is 0 Å². The zero-order valence-corrected chi connectivity index (χ0v) is 17.5. The summed E-state index contributed by atoms with van der Waals surface area (Å²) in [6.07, 6.45) is 2.70. The summed E-state index contributed by atoms with van der Waals surface area (Å²) in [5.41, 5.74) is 0.616. The summed E-state index contributed by atoms with van der Waals surface area (Å²) in [6.45, 7) is 7.88. The van der Waals surface area contributed by atoms with E-state index in [0.717, 1.165) is 56.9 Å². The molecule has 0 saturated carbocycles. The highest BCUT2D eigenvalue weighted by atomic mass is 32.1. The van der Waals surface area contributed by atoms with Gasteiger partial charge >= 0.3 is 0 Å². The monoisotopic (exact) mass is 388 g/mol. The Bertz CT molecular complexity index is 677. The Balaban J connectivity index is 1.45. The molecule has 1 aliphatic heterocycles. The number of benzene rings is 1. The van der Waals surface area contributed by atoms with Crippen LogP contribution in [0.5, 0.6) is 5.75 Å². The second-order valence-electron chi connectivity index (χ2n) is 7.91. The number of hydrogen-bond acceptors (Lipinski definition) is 5. The van der Waals surface area contributed by atoms with Crippen molar-refractivity contribution in [1.82, 2.24) is 4.90 Å². The van der Waals surface area contributed by atoms with E-state index in [1.165, 1.54) is 4.88 Å². The average Bonchev–Trinajstić information content (AvgIpc) is 3.15. The summed E-state index contributed by atoms with van der Waals surface area (Å²) in [4.78, 5) is 6.08. The van der Waals surface area contributed by atoms with Crippen LogP contribution in [0.4, 0.5) is 5.69 Å². The lowest BCUT2D eigenvalue weighted by molar-refractivity contribution is -0.0273. The van der Waals surface area contributed by atoms with Gasteiger partial charge in [-0.05, 0) is 68.8 Å². The highest BCUT2D eigenvalue weighted by Crippen LogP contribution is 2.28. The molecule has 1 fully saturated rings. The molecule has 0 aliphatic carbocycles. The number of anilines is 1. The van der Waals surface area contributed by atoms with E-state index in [0.29, 0.717) is 0 Å². The smallest absolute Gasteiger partial charge is 0.119 e. The third kappa shape index (κ3) is 5.96. The van der Waals surface area contributed by atoms with Crippen molar-refractivity contribution >= 4 is 17.0 Å². The first-order valence-corrected chi connectivity index (χ1v) is 10.8. The van der Waals surface area contributed by atoms with Gasteiger partial charge in [-0.1, -0.05) is 6.07 Å². The molecule has 0 radical (unpaired) electrons. The van der Waals surface area contributed by atoms with Crippen LogP contribution in [-0.4, -0.2) is 48.4 Å². The molecule has 1 aromatic heterocycles. The Morgan fingerprint density at radius 1 is 1.19 bits per heavy atom. The minimum atomic E-state index is -0.541. The maximum Gasteiger partial charge on any atom is 0.119 e. The second-order valence-corrected chi connectivity index (χ2v) is 8.94. The lowest BCUT2D eigenvalue weighted by Crippen LogP contribution is -2.45. The van der Waals surface area contributed by atoms with Gasteiger partial charge in [0, 0.05) is 43.8 Å². The third-order valence-electron chi connectivity index (χ3n) is 5.31. The number of rotatable bonds is 8. The quantitative estimate of drug-likeness (QED) is 0.728. The SMILES string of the molecule is CC(C)Oc1ccc(N(C)CCC2(O)CCN(Cc3cccs3)CC2)cc1. The number of ether oxygens (including phenoxy) is 1. The van der Waals surface area contributed by atoms with E-state index >= 15 is 0 Å². The highest BCUT2D eigenvalue weighted by Gasteiger charge is 2.32. The molecule has 5 heteroatoms. The van der Waals surface area contributed by atoms with E-state index in [2.05, 4.69) is 46.5 Å². The van der Waals surface area contributed by atoms with E-state index in [-0.39, 0.29) is 6.10 Å². The predicted molar refractivity (Wildman–Crippen MR) is 114 cm³/mol. The number of aliphatic hydroxyl groups is 1. The van der Waals surface area contributed by atoms with Gasteiger partial charge < -0.3 is 14.7 Å². The molecule has 0 amide bonds. The molecule has 3 rings (SSSR count). The molecule has 2 heterocycles. The number of hydrogen-bond donors (Lipinski definition) is 1. The molecule has 1 aromatic carbocycles. The van der Waals surface area contributed by atoms with Crippen LogP contribution in [0.1, 0.15) is 38.0 Å². The van der Waals surface area contributed by atoms with Crippen molar-refractivity contribution in [2.24, 2.45) is 0 Å². The molecule has 0 bridgehead atoms. The zero-order valence-electron chi connectivity index (χ0n) is 16.7. The molecule has 0 atom stereocenters. The second kappa shape index (κ2) is 9.09. The van der Waals surface area contributed by atoms with Gasteiger partial charge in [0.25, 0.3) is 0 Å². The standard InChI is InChI=1S/C22H32N2O2S/c1-18(2)26-20-8-6-19(7-9-20)23(3)13-10-22(25)11-14-24(15-12-22)17-21-5-4-16-27-21/h4-9,16,18,25H,10-15,17H2,1-3H3. The summed E-state index contributed by atoms with van der Waals surface area (Å²) in [5.74, 6) is 0.902. The zero-order chi connectivity index (χ0) is 19.3. The summed E-state index contributed by atoms with van der Waals surface area (Å²) in [7, 11) is 2.09. The van der Waals surface area contributed by atoms with Crippen LogP contribution in [0.25, 0.3) is 0 Å². The summed E-state index contributed by atoms with van der Waals surface area (Å²) < 4.78 is 5.71. The first-order valence-electron chi connectivity index (χ1n) is 9.88. The van der Waals surface area contributed by atoms with Crippen LogP contribution >= 0.6 is 11.3 Å². The van der Waals surface area contributed by atoms with E-state index in [1.807, 2.05) is 37.3 Å². The summed E-state index contributed by atoms with van der Waals surface area (Å²) in [5, 5.41) is 13.1. The van der Waals surface area contributed by atoms with E-state index in [4.69, 9.17) is 4.74 Å². The molecule has 0 unspecified atom stereocenters. The first-order chi connectivity index (χ1) is 12.9. The fourth-order valence-corrected chi connectivity index (χ4v) is 4.30. The molecule has 1 aliphatic rings. The van der Waals surface area contributed by atoms with Crippen molar-refractivity contribution in [2.45, 2.75) is 51.4 Å². The van der Waals surface area contributed by atoms with Crippen molar-refractivity contribution < 1.29 is 9.84 Å². The molecular weight excluding hydrogens is 356 g/mol. The Kier molecular flexibility index (Phi) is 6.79. The number of likely N-dealkylation sites (tertiary alicyclic amines) is 1. The van der Waals surface area contributed by atoms with E-state index in [9.17, 15) is 5.11 Å². The minimum Gasteiger partial charge on any atom is -0.491 e. The van der Waals surface area contributed by atoms with Gasteiger partial charge in [0.15, 0.2) is 0 Å². The normalized spacial score (nSPS) is 17.2. The third-order valence-corrected chi connectivity index (χ3v) is 6.17. The van der Waals surface area contributed by atoms with Crippen LogP contribution < -0.4 is 9.64 Å². The minimum absolute atomic E-state index is 0.188. The lowest BCUT2D eigenvalue weighted by Gasteiger charge is -2.39. The maximum atomic E-state index is 11.0. The van der Waals surface area contributed by atoms with Crippen molar-refractivity contribution in [3.63, 3.8) is 0 Å². The van der Waals surface area contributed by atoms with Crippen molar-refractivity contribution in [3.8, 4) is 5.75 Å². The van der Waals surface area contributed by atoms with Gasteiger partial charge in [-0.25, -0.2) is 0 Å². The van der Waals surface area contributed by atoms with Gasteiger partial charge in [0.05, 0.1) is 11.7 Å². The molecule has 148 valence electrons. The van der Waals surface area contributed by atoms with Gasteiger partial charge in [-0.15, -0.1) is 11.3 Å². The van der Waals surface area contributed by atoms with Crippen LogP contribution in [0, 0.1) is 0 Å². The van der Waals surface area contributed by atoms with Crippen LogP contribution in [0.3, 0.4) is 0 Å². The fraction of sp³-hybridized carbons (Fsp3) is 0.545. The molecule has 0 spiro atoms. The number of nitrogens with zero attached hydrogens (tertiary/aromatic N) is 2. The molecule has 1 saturated heterocycles. The molecule has 2 aromatic rings. The van der Waals surface area contributed by atoms with Gasteiger partial charge in [-0.2, -0.15) is 0 Å². The van der Waals surface area contributed by atoms with Gasteiger partial charge in [0.1, 0.15) is 5.75 Å². The molecular formula is C22H32N2O2S. The largest absolute Gasteiger partial charge is 0.491 e. The Hall–Kier alpha value is -1.56. The van der Waals surface area contributed by atoms with Gasteiger partial charge in [-0.3, -0.25) is 4.90 Å². The first kappa shape index (κ1) is 20.2. The Labute approximate surface area is 167 Å². The maximum absolute atomic E-state index is 11.0. The molecule has 4 nitrogen and oxygen atoms in total. The van der Waals surface area contributed by atoms with E-state index in [1.54, 1.807) is 0 Å². The topological polar surface area (TPSA) is 35.9 Å². The van der Waals surface area contributed by atoms with Crippen LogP contribution in [0.15, 0.2) is 41.8 Å². The summed E-state index contributed by atoms with van der Waals surface area (Å²) >= 11 is 1.81. The number of piperidine rings is 1. The predicted octanol–water partition coefficient (Wildman–Crippen LogP) is 4.39. The summed E-state index contributed by atoms with van der Waals surface area (Å²) in [6, 6.07) is 12.5. The average molecular weight is 389 g/mol. The van der Waals surface area contributed by atoms with Crippen LogP contribution in [0.2, 0.25) is 0 Å². The van der Waals surface area contributed by atoms with Gasteiger partial charge in [0.2, 0.25) is 0 Å². The Morgan fingerprint density at radius 3 is 2.48 bits per heavy atom. The Morgan fingerprint density at radius 2 is 1.89 bits per heavy atom. The van der Waals surface area contributed by atoms with Crippen molar-refractivity contribution in [3.05, 3.63) is 46.7 Å². The molecule has 27 heavy (non-hydrogen) atoms. The fourth-order valence-electron chi connectivity index (χ4n) is 3.56. The number of thiophene rings is 1. The molecule has 1 N–H and O–H groups in total. The highest BCUT2D eigenvalue weighted by molar-refractivity contribution is 7.09. The lowest BCUT2D eigenvalue weighted by atomic mass is 9.88. The van der Waals surface area contributed by atoms with Crippen LogP contribution in [-0.2, 0) is 6.54 Å².